The lowest BCUT2D eigenvalue weighted by atomic mass is 10.1. The third-order valence-electron chi connectivity index (χ3n) is 3.46. The van der Waals surface area contributed by atoms with Gasteiger partial charge in [0.05, 0.1) is 5.69 Å². The molecule has 3 heteroatoms. The highest BCUT2D eigenvalue weighted by molar-refractivity contribution is 6.17. The highest BCUT2D eigenvalue weighted by Gasteiger charge is 2.31. The van der Waals surface area contributed by atoms with E-state index in [-0.39, 0.29) is 5.82 Å². The van der Waals surface area contributed by atoms with Gasteiger partial charge in [-0.3, -0.25) is 0 Å². The van der Waals surface area contributed by atoms with Crippen LogP contribution in [0.3, 0.4) is 0 Å². The van der Waals surface area contributed by atoms with Crippen molar-refractivity contribution in [1.29, 1.82) is 0 Å². The summed E-state index contributed by atoms with van der Waals surface area (Å²) in [5, 5.41) is 0. The number of hydrogen-bond donors (Lipinski definition) is 0. The van der Waals surface area contributed by atoms with Crippen LogP contribution < -0.4 is 4.90 Å². The minimum absolute atomic E-state index is 0.173. The third-order valence-corrected chi connectivity index (χ3v) is 3.77. The summed E-state index contributed by atoms with van der Waals surface area (Å²) in [6.07, 6.45) is 2.54. The van der Waals surface area contributed by atoms with E-state index >= 15 is 0 Å². The average Bonchev–Trinajstić information content (AvgIpc) is 3.10. The number of nitrogens with zero attached hydrogens (tertiary/aromatic N) is 1. The van der Waals surface area contributed by atoms with Crippen molar-refractivity contribution in [3.05, 3.63) is 29.6 Å². The first-order chi connectivity index (χ1) is 7.63. The van der Waals surface area contributed by atoms with E-state index in [1.54, 1.807) is 0 Å². The molecule has 1 aromatic rings. The highest BCUT2D eigenvalue weighted by atomic mass is 35.5. The van der Waals surface area contributed by atoms with Gasteiger partial charge in [-0.25, -0.2) is 4.39 Å². The molecule has 1 saturated carbocycles. The summed E-state index contributed by atoms with van der Waals surface area (Å²) in [6, 6.07) is 5.66. The number of rotatable bonds is 4. The second-order valence-electron chi connectivity index (χ2n) is 4.61. The van der Waals surface area contributed by atoms with Crippen LogP contribution in [0.25, 0.3) is 0 Å². The molecule has 0 aromatic heterocycles. The lowest BCUT2D eigenvalue weighted by molar-refractivity contribution is 0.576. The molecule has 1 aliphatic carbocycles. The Bertz CT molecular complexity index is 376. The Kier molecular flexibility index (Phi) is 3.38. The van der Waals surface area contributed by atoms with Gasteiger partial charge in [0.15, 0.2) is 0 Å². The van der Waals surface area contributed by atoms with Gasteiger partial charge in [0, 0.05) is 19.0 Å². The van der Waals surface area contributed by atoms with Crippen LogP contribution in [0.2, 0.25) is 0 Å². The molecule has 1 nitrogen and oxygen atoms in total. The van der Waals surface area contributed by atoms with Crippen molar-refractivity contribution in [3.8, 4) is 0 Å². The van der Waals surface area contributed by atoms with Crippen molar-refractivity contribution in [2.45, 2.75) is 31.7 Å². The highest BCUT2D eigenvalue weighted by Crippen LogP contribution is 2.36. The Labute approximate surface area is 101 Å². The molecular formula is C13H17ClFN. The number of hydrogen-bond acceptors (Lipinski definition) is 1. The molecule has 1 fully saturated rings. The Hall–Kier alpha value is -0.760. The molecular weight excluding hydrogens is 225 g/mol. The zero-order chi connectivity index (χ0) is 11.7. The van der Waals surface area contributed by atoms with E-state index in [4.69, 9.17) is 11.6 Å². The molecule has 0 heterocycles. The van der Waals surface area contributed by atoms with E-state index in [1.807, 2.05) is 24.1 Å². The quantitative estimate of drug-likeness (QED) is 0.725. The van der Waals surface area contributed by atoms with Gasteiger partial charge in [0.1, 0.15) is 5.82 Å². The fourth-order valence-corrected chi connectivity index (χ4v) is 2.20. The smallest absolute Gasteiger partial charge is 0.146 e. The average molecular weight is 242 g/mol. The second-order valence-corrected chi connectivity index (χ2v) is 4.88. The summed E-state index contributed by atoms with van der Waals surface area (Å²) in [7, 11) is 1.96. The van der Waals surface area contributed by atoms with Crippen molar-refractivity contribution in [3.63, 3.8) is 0 Å². The predicted molar refractivity (Wildman–Crippen MR) is 66.5 cm³/mol. The number of anilines is 1. The molecule has 0 N–H and O–H groups in total. The predicted octanol–water partition coefficient (Wildman–Crippen LogP) is 3.80. The zero-order valence-corrected chi connectivity index (χ0v) is 10.5. The van der Waals surface area contributed by atoms with E-state index in [0.29, 0.717) is 17.6 Å². The molecule has 0 saturated heterocycles. The van der Waals surface area contributed by atoms with Crippen molar-refractivity contribution in [2.24, 2.45) is 5.92 Å². The van der Waals surface area contributed by atoms with Crippen LogP contribution in [-0.2, 0) is 5.88 Å². The van der Waals surface area contributed by atoms with Gasteiger partial charge >= 0.3 is 0 Å². The summed E-state index contributed by atoms with van der Waals surface area (Å²) in [5.74, 6) is 0.921. The summed E-state index contributed by atoms with van der Waals surface area (Å²) < 4.78 is 13.8. The fraction of sp³-hybridized carbons (Fsp3) is 0.538. The lowest BCUT2D eigenvalue weighted by Crippen LogP contribution is -2.31. The maximum atomic E-state index is 13.8. The van der Waals surface area contributed by atoms with E-state index in [2.05, 4.69) is 6.92 Å². The van der Waals surface area contributed by atoms with Gasteiger partial charge in [-0.05, 0) is 43.4 Å². The van der Waals surface area contributed by atoms with Crippen LogP contribution in [0.15, 0.2) is 18.2 Å². The van der Waals surface area contributed by atoms with Gasteiger partial charge in [-0.15, -0.1) is 11.6 Å². The number of halogens is 2. The molecule has 0 aliphatic heterocycles. The summed E-state index contributed by atoms with van der Waals surface area (Å²) in [5.41, 5.74) is 1.50. The van der Waals surface area contributed by atoms with Gasteiger partial charge in [-0.2, -0.15) is 0 Å². The van der Waals surface area contributed by atoms with Gasteiger partial charge < -0.3 is 4.90 Å². The van der Waals surface area contributed by atoms with E-state index < -0.39 is 0 Å². The van der Waals surface area contributed by atoms with Gasteiger partial charge in [-0.1, -0.05) is 6.07 Å². The Morgan fingerprint density at radius 1 is 1.50 bits per heavy atom. The van der Waals surface area contributed by atoms with Crippen LogP contribution in [0, 0.1) is 11.7 Å². The molecule has 88 valence electrons. The number of alkyl halides is 1. The Morgan fingerprint density at radius 2 is 2.19 bits per heavy atom. The zero-order valence-electron chi connectivity index (χ0n) is 9.71. The maximum Gasteiger partial charge on any atom is 0.146 e. The summed E-state index contributed by atoms with van der Waals surface area (Å²) >= 11 is 5.67. The molecule has 16 heavy (non-hydrogen) atoms. The van der Waals surface area contributed by atoms with E-state index in [1.165, 1.54) is 18.9 Å². The molecule has 0 bridgehead atoms. The first kappa shape index (κ1) is 11.7. The van der Waals surface area contributed by atoms with Crippen molar-refractivity contribution >= 4 is 17.3 Å². The lowest BCUT2D eigenvalue weighted by Gasteiger charge is -2.27. The third kappa shape index (κ3) is 2.32. The first-order valence-electron chi connectivity index (χ1n) is 5.70. The molecule has 1 atom stereocenters. The Balaban J connectivity index is 2.18. The van der Waals surface area contributed by atoms with Crippen LogP contribution in [0.4, 0.5) is 10.1 Å². The minimum atomic E-state index is -0.173. The normalized spacial score (nSPS) is 17.2. The second kappa shape index (κ2) is 4.62. The Morgan fingerprint density at radius 3 is 2.69 bits per heavy atom. The van der Waals surface area contributed by atoms with Crippen molar-refractivity contribution < 1.29 is 4.39 Å². The van der Waals surface area contributed by atoms with E-state index in [9.17, 15) is 4.39 Å². The largest absolute Gasteiger partial charge is 0.369 e. The van der Waals surface area contributed by atoms with E-state index in [0.717, 1.165) is 11.5 Å². The van der Waals surface area contributed by atoms with Crippen LogP contribution in [0.5, 0.6) is 0 Å². The molecule has 0 spiro atoms. The van der Waals surface area contributed by atoms with Crippen LogP contribution in [0.1, 0.15) is 25.3 Å². The van der Waals surface area contributed by atoms with Crippen molar-refractivity contribution in [2.75, 3.05) is 11.9 Å². The SMILES string of the molecule is CC(C1CC1)N(C)c1ccc(CCl)cc1F. The summed E-state index contributed by atoms with van der Waals surface area (Å²) in [4.78, 5) is 2.03. The molecule has 0 radical (unpaired) electrons. The molecule has 2 rings (SSSR count). The van der Waals surface area contributed by atoms with Gasteiger partial charge in [0.25, 0.3) is 0 Å². The van der Waals surface area contributed by atoms with Gasteiger partial charge in [0.2, 0.25) is 0 Å². The van der Waals surface area contributed by atoms with Crippen LogP contribution in [-0.4, -0.2) is 13.1 Å². The number of benzene rings is 1. The topological polar surface area (TPSA) is 3.24 Å². The maximum absolute atomic E-state index is 13.8. The standard InChI is InChI=1S/C13H17ClFN/c1-9(11-4-5-11)16(2)13-6-3-10(8-14)7-12(13)15/h3,6-7,9,11H,4-5,8H2,1-2H3. The molecule has 1 aromatic carbocycles. The first-order valence-corrected chi connectivity index (χ1v) is 6.24. The fourth-order valence-electron chi connectivity index (χ4n) is 2.03. The minimum Gasteiger partial charge on any atom is -0.369 e. The van der Waals surface area contributed by atoms with Crippen molar-refractivity contribution in [1.82, 2.24) is 0 Å². The molecule has 1 aliphatic rings. The molecule has 0 amide bonds. The molecule has 1 unspecified atom stereocenters. The monoisotopic (exact) mass is 241 g/mol. The van der Waals surface area contributed by atoms with Crippen LogP contribution >= 0.6 is 11.6 Å². The summed E-state index contributed by atoms with van der Waals surface area (Å²) in [6.45, 7) is 2.16.